The molecule has 0 aliphatic heterocycles. The zero-order chi connectivity index (χ0) is 19.3. The third-order valence-electron chi connectivity index (χ3n) is 3.97. The topological polar surface area (TPSA) is 26.3 Å². The lowest BCUT2D eigenvalue weighted by atomic mass is 10.2. The van der Waals surface area contributed by atoms with Crippen molar-refractivity contribution in [3.05, 3.63) is 90.5 Å². The van der Waals surface area contributed by atoms with E-state index in [0.29, 0.717) is 0 Å². The summed E-state index contributed by atoms with van der Waals surface area (Å²) in [5.41, 5.74) is 0.980. The third-order valence-corrected chi connectivity index (χ3v) is 6.53. The largest absolute Gasteiger partial charge is 0.460 e. The first-order chi connectivity index (χ1) is 12.9. The Morgan fingerprint density at radius 3 is 1.70 bits per heavy atom. The smallest absolute Gasteiger partial charge is 0.322 e. The molecule has 0 aromatic heterocycles. The fraction of sp³-hybridized carbons (Fsp3) is 0.174. The summed E-state index contributed by atoms with van der Waals surface area (Å²) in [4.78, 5) is 15.7. The second kappa shape index (κ2) is 8.77. The molecule has 3 rings (SSSR count). The van der Waals surface area contributed by atoms with Crippen molar-refractivity contribution in [3.8, 4) is 0 Å². The molecule has 0 aliphatic carbocycles. The molecule has 0 saturated heterocycles. The molecular weight excluding hydrogens is 420 g/mol. The van der Waals surface area contributed by atoms with Crippen LogP contribution < -0.4 is 0 Å². The lowest BCUT2D eigenvalue weighted by Crippen LogP contribution is -2.26. The molecule has 0 aliphatic rings. The van der Waals surface area contributed by atoms with Crippen LogP contribution in [0.2, 0.25) is 0 Å². The van der Waals surface area contributed by atoms with Crippen molar-refractivity contribution >= 4 is 32.8 Å². The summed E-state index contributed by atoms with van der Waals surface area (Å²) in [7, 11) is -0.165. The van der Waals surface area contributed by atoms with Gasteiger partial charge in [-0.2, -0.15) is 0 Å². The number of hydrogen-bond donors (Lipinski definition) is 0. The third kappa shape index (κ3) is 5.24. The van der Waals surface area contributed by atoms with Crippen LogP contribution in [0.3, 0.4) is 0 Å². The minimum atomic E-state index is -0.667. The molecule has 0 atom stereocenters. The van der Waals surface area contributed by atoms with Crippen LogP contribution in [0.5, 0.6) is 0 Å². The summed E-state index contributed by atoms with van der Waals surface area (Å²) >= 11 is 3.33. The van der Waals surface area contributed by atoms with Gasteiger partial charge in [0.15, 0.2) is 14.7 Å². The average molecular weight is 442 g/mol. The van der Waals surface area contributed by atoms with Crippen LogP contribution >= 0.6 is 15.9 Å². The maximum absolute atomic E-state index is 11.9. The van der Waals surface area contributed by atoms with Gasteiger partial charge in [0.2, 0.25) is 0 Å². The van der Waals surface area contributed by atoms with Crippen molar-refractivity contribution in [2.75, 3.05) is 0 Å². The fourth-order valence-corrected chi connectivity index (χ4v) is 4.76. The van der Waals surface area contributed by atoms with Gasteiger partial charge in [-0.3, -0.25) is 4.79 Å². The second-order valence-corrected chi connectivity index (χ2v) is 10.6. The number of hydrogen-bond acceptors (Lipinski definition) is 2. The molecule has 0 unspecified atom stereocenters. The molecule has 0 fully saturated rings. The van der Waals surface area contributed by atoms with E-state index in [4.69, 9.17) is 4.74 Å². The van der Waals surface area contributed by atoms with E-state index < -0.39 is 4.32 Å². The van der Waals surface area contributed by atoms with Gasteiger partial charge in [-0.15, -0.1) is 0 Å². The van der Waals surface area contributed by atoms with Gasteiger partial charge in [-0.1, -0.05) is 64.5 Å². The van der Waals surface area contributed by atoms with Gasteiger partial charge in [0.25, 0.3) is 0 Å². The van der Waals surface area contributed by atoms with Gasteiger partial charge in [-0.05, 0) is 55.8 Å². The Kier molecular flexibility index (Phi) is 6.40. The number of alkyl halides is 1. The zero-order valence-electron chi connectivity index (χ0n) is 15.4. The summed E-state index contributed by atoms with van der Waals surface area (Å²) in [5, 5.41) is 0. The molecule has 0 radical (unpaired) electrons. The highest BCUT2D eigenvalue weighted by Gasteiger charge is 2.28. The van der Waals surface area contributed by atoms with Crippen LogP contribution in [-0.4, -0.2) is 10.3 Å². The average Bonchev–Trinajstić information content (AvgIpc) is 2.68. The molecule has 0 amide bonds. The van der Waals surface area contributed by atoms with Crippen LogP contribution in [0.4, 0.5) is 0 Å². The van der Waals surface area contributed by atoms with Gasteiger partial charge in [0.1, 0.15) is 10.9 Å². The SMILES string of the molecule is CC(C)(Br)C(=O)OCc1ccc([S+](c2ccccc2)c2ccccc2)cc1. The standard InChI is InChI=1S/C23H22BrO2S/c1-23(2,24)22(25)26-17-18-13-15-21(16-14-18)27(19-9-5-3-6-10-19)20-11-7-4-8-12-20/h3-16H,17H2,1-2H3/q+1. The first-order valence-electron chi connectivity index (χ1n) is 8.74. The maximum Gasteiger partial charge on any atom is 0.322 e. The van der Waals surface area contributed by atoms with E-state index >= 15 is 0 Å². The monoisotopic (exact) mass is 441 g/mol. The molecule has 27 heavy (non-hydrogen) atoms. The minimum absolute atomic E-state index is 0.165. The summed E-state index contributed by atoms with van der Waals surface area (Å²) in [6.45, 7) is 3.84. The molecule has 0 spiro atoms. The number of rotatable bonds is 6. The van der Waals surface area contributed by atoms with E-state index in [1.165, 1.54) is 14.7 Å². The highest BCUT2D eigenvalue weighted by atomic mass is 79.9. The number of benzene rings is 3. The van der Waals surface area contributed by atoms with E-state index in [2.05, 4.69) is 76.6 Å². The molecule has 4 heteroatoms. The molecule has 138 valence electrons. The van der Waals surface area contributed by atoms with Crippen molar-refractivity contribution in [1.82, 2.24) is 0 Å². The highest BCUT2D eigenvalue weighted by Crippen LogP contribution is 2.31. The molecule has 3 aromatic rings. The van der Waals surface area contributed by atoms with E-state index in [-0.39, 0.29) is 23.5 Å². The Labute approximate surface area is 172 Å². The van der Waals surface area contributed by atoms with E-state index in [9.17, 15) is 4.79 Å². The lowest BCUT2D eigenvalue weighted by molar-refractivity contribution is -0.146. The quantitative estimate of drug-likeness (QED) is 0.266. The van der Waals surface area contributed by atoms with Gasteiger partial charge in [0.05, 0.1) is 10.9 Å². The minimum Gasteiger partial charge on any atom is -0.460 e. The predicted octanol–water partition coefficient (Wildman–Crippen LogP) is 6.00. The Hall–Kier alpha value is -2.04. The fourth-order valence-electron chi connectivity index (χ4n) is 2.56. The highest BCUT2D eigenvalue weighted by molar-refractivity contribution is 9.10. The van der Waals surface area contributed by atoms with Crippen molar-refractivity contribution in [2.24, 2.45) is 0 Å². The number of ether oxygens (including phenoxy) is 1. The first kappa shape index (κ1) is 19.7. The Balaban J connectivity index is 1.83. The van der Waals surface area contributed by atoms with Crippen molar-refractivity contribution < 1.29 is 9.53 Å². The number of carbonyl (C=O) groups excluding carboxylic acids is 1. The molecule has 0 heterocycles. The van der Waals surface area contributed by atoms with Crippen LogP contribution in [0.1, 0.15) is 19.4 Å². The second-order valence-electron chi connectivity index (χ2n) is 6.62. The Morgan fingerprint density at radius 1 is 0.815 bits per heavy atom. The van der Waals surface area contributed by atoms with E-state index in [0.717, 1.165) is 5.56 Å². The lowest BCUT2D eigenvalue weighted by Gasteiger charge is -2.15. The van der Waals surface area contributed by atoms with Gasteiger partial charge in [0, 0.05) is 0 Å². The molecule has 3 aromatic carbocycles. The van der Waals surface area contributed by atoms with Crippen LogP contribution in [0.25, 0.3) is 0 Å². The summed E-state index contributed by atoms with van der Waals surface area (Å²) in [5.74, 6) is -0.264. The molecule has 2 nitrogen and oxygen atoms in total. The van der Waals surface area contributed by atoms with Gasteiger partial charge in [-0.25, -0.2) is 0 Å². The van der Waals surface area contributed by atoms with Crippen LogP contribution in [-0.2, 0) is 27.0 Å². The summed E-state index contributed by atoms with van der Waals surface area (Å²) in [6.07, 6.45) is 0. The summed E-state index contributed by atoms with van der Waals surface area (Å²) in [6, 6.07) is 29.4. The van der Waals surface area contributed by atoms with Crippen LogP contribution in [0, 0.1) is 0 Å². The first-order valence-corrected chi connectivity index (χ1v) is 10.8. The maximum atomic E-state index is 11.9. The zero-order valence-corrected chi connectivity index (χ0v) is 17.8. The Morgan fingerprint density at radius 2 is 1.26 bits per heavy atom. The van der Waals surface area contributed by atoms with Crippen LogP contribution in [0.15, 0.2) is 99.6 Å². The Bertz CT molecular complexity index is 832. The normalized spacial score (nSPS) is 11.4. The number of carbonyl (C=O) groups is 1. The number of halogens is 1. The van der Waals surface area contributed by atoms with Crippen molar-refractivity contribution in [1.29, 1.82) is 0 Å². The van der Waals surface area contributed by atoms with Crippen molar-refractivity contribution in [2.45, 2.75) is 39.5 Å². The summed E-state index contributed by atoms with van der Waals surface area (Å²) < 4.78 is 4.71. The van der Waals surface area contributed by atoms with E-state index in [1.807, 2.05) is 24.3 Å². The number of esters is 1. The van der Waals surface area contributed by atoms with Gasteiger partial charge >= 0.3 is 5.97 Å². The van der Waals surface area contributed by atoms with Gasteiger partial charge < -0.3 is 4.74 Å². The predicted molar refractivity (Wildman–Crippen MR) is 114 cm³/mol. The molecule has 0 N–H and O–H groups in total. The molecule has 0 saturated carbocycles. The van der Waals surface area contributed by atoms with E-state index in [1.54, 1.807) is 13.8 Å². The molecule has 0 bridgehead atoms. The van der Waals surface area contributed by atoms with Crippen molar-refractivity contribution in [3.63, 3.8) is 0 Å². The molecular formula is C23H22BrO2S+.